The van der Waals surface area contributed by atoms with Crippen LogP contribution in [0.4, 0.5) is 0 Å². The maximum absolute atomic E-state index is 10.6. The van der Waals surface area contributed by atoms with Crippen molar-refractivity contribution in [1.29, 1.82) is 0 Å². The van der Waals surface area contributed by atoms with Crippen LogP contribution in [-0.4, -0.2) is 47.5 Å². The zero-order valence-electron chi connectivity index (χ0n) is 20.2. The normalized spacial score (nSPS) is 26.8. The highest BCUT2D eigenvalue weighted by Gasteiger charge is 2.41. The van der Waals surface area contributed by atoms with E-state index in [0.29, 0.717) is 24.2 Å². The molecule has 7 atom stereocenters. The number of aliphatic hydroxyl groups is 1. The Morgan fingerprint density at radius 1 is 1.41 bits per heavy atom. The lowest BCUT2D eigenvalue weighted by Crippen LogP contribution is -2.28. The average molecular weight is 465 g/mol. The van der Waals surface area contributed by atoms with Crippen molar-refractivity contribution in [1.82, 2.24) is 0 Å². The zero-order valence-corrected chi connectivity index (χ0v) is 21.1. The van der Waals surface area contributed by atoms with Gasteiger partial charge in [-0.25, -0.2) is 0 Å². The van der Waals surface area contributed by atoms with Crippen LogP contribution in [0.25, 0.3) is 0 Å². The molecule has 0 aromatic carbocycles. The Balaban J connectivity index is 1.69. The maximum atomic E-state index is 10.6. The highest BCUT2D eigenvalue weighted by molar-refractivity contribution is 7.80. The van der Waals surface area contributed by atoms with Gasteiger partial charge >= 0.3 is 0 Å². The minimum atomic E-state index is -0.722. The fourth-order valence-electron chi connectivity index (χ4n) is 4.47. The third-order valence-corrected chi connectivity index (χ3v) is 6.78. The molecule has 0 spiro atoms. The minimum Gasteiger partial charge on any atom is -0.496 e. The monoisotopic (exact) mass is 464 g/mol. The van der Waals surface area contributed by atoms with Crippen molar-refractivity contribution >= 4 is 12.6 Å². The van der Waals surface area contributed by atoms with Crippen LogP contribution in [0, 0.1) is 5.92 Å². The molecule has 2 aliphatic heterocycles. The molecule has 182 valence electrons. The van der Waals surface area contributed by atoms with Gasteiger partial charge in [-0.2, -0.15) is 12.6 Å². The van der Waals surface area contributed by atoms with Crippen LogP contribution in [0.5, 0.6) is 0 Å². The molecule has 5 heteroatoms. The summed E-state index contributed by atoms with van der Waals surface area (Å²) in [7, 11) is 0. The summed E-state index contributed by atoms with van der Waals surface area (Å²) in [6, 6.07) is 0. The van der Waals surface area contributed by atoms with Gasteiger partial charge in [0.05, 0.1) is 31.2 Å². The second-order valence-corrected chi connectivity index (χ2v) is 10.3. The Labute approximate surface area is 201 Å². The molecule has 0 bridgehead atoms. The summed E-state index contributed by atoms with van der Waals surface area (Å²) in [5.74, 6) is 0.618. The van der Waals surface area contributed by atoms with Gasteiger partial charge in [-0.3, -0.25) is 0 Å². The molecule has 2 aliphatic rings. The molecule has 0 aromatic rings. The Kier molecular flexibility index (Phi) is 12.2. The lowest BCUT2D eigenvalue weighted by molar-refractivity contribution is 0.0248. The van der Waals surface area contributed by atoms with E-state index in [-0.39, 0.29) is 24.4 Å². The Hall–Kier alpha value is -1.01. The van der Waals surface area contributed by atoms with E-state index >= 15 is 0 Å². The lowest BCUT2D eigenvalue weighted by Gasteiger charge is -2.22. The fraction of sp³-hybridized carbons (Fsp3) is 0.704. The number of allylic oxidation sites excluding steroid dienone is 1. The molecule has 1 saturated heterocycles. The van der Waals surface area contributed by atoms with Gasteiger partial charge in [-0.1, -0.05) is 62.8 Å². The second-order valence-electron chi connectivity index (χ2n) is 9.57. The lowest BCUT2D eigenvalue weighted by atomic mass is 9.93. The van der Waals surface area contributed by atoms with Crippen molar-refractivity contribution in [2.45, 2.75) is 108 Å². The Morgan fingerprint density at radius 2 is 2.19 bits per heavy atom. The highest BCUT2D eigenvalue weighted by atomic mass is 32.1. The molecule has 6 unspecified atom stereocenters. The van der Waals surface area contributed by atoms with E-state index < -0.39 is 6.10 Å². The van der Waals surface area contributed by atoms with E-state index in [4.69, 9.17) is 14.2 Å². The number of epoxide rings is 1. The number of hydrogen-bond acceptors (Lipinski definition) is 5. The van der Waals surface area contributed by atoms with Crippen LogP contribution < -0.4 is 0 Å². The fourth-order valence-corrected chi connectivity index (χ4v) is 5.09. The van der Waals surface area contributed by atoms with Crippen molar-refractivity contribution in [3.05, 3.63) is 48.8 Å². The molecule has 1 fully saturated rings. The Morgan fingerprint density at radius 3 is 2.88 bits per heavy atom. The highest BCUT2D eigenvalue weighted by Crippen LogP contribution is 2.34. The third kappa shape index (κ3) is 10.3. The van der Waals surface area contributed by atoms with Crippen LogP contribution in [0.3, 0.4) is 0 Å². The van der Waals surface area contributed by atoms with Gasteiger partial charge in [0.15, 0.2) is 0 Å². The molecule has 0 aliphatic carbocycles. The summed E-state index contributed by atoms with van der Waals surface area (Å²) in [6.07, 6.45) is 14.5. The van der Waals surface area contributed by atoms with Crippen LogP contribution in [-0.2, 0) is 14.2 Å². The first-order chi connectivity index (χ1) is 15.3. The molecule has 0 saturated carbocycles. The molecule has 1 N–H and O–H groups in total. The summed E-state index contributed by atoms with van der Waals surface area (Å²) in [6.45, 7) is 15.2. The maximum Gasteiger partial charge on any atom is 0.130 e. The van der Waals surface area contributed by atoms with Gasteiger partial charge in [-0.15, -0.1) is 0 Å². The zero-order chi connectivity index (χ0) is 23.5. The van der Waals surface area contributed by atoms with E-state index in [2.05, 4.69) is 52.6 Å². The van der Waals surface area contributed by atoms with E-state index in [1.165, 1.54) is 30.2 Å². The average Bonchev–Trinajstić information content (AvgIpc) is 3.48. The molecule has 2 rings (SSSR count). The Bertz CT molecular complexity index is 644. The molecular weight excluding hydrogens is 420 g/mol. The van der Waals surface area contributed by atoms with Crippen molar-refractivity contribution in [2.75, 3.05) is 6.61 Å². The van der Waals surface area contributed by atoms with Gasteiger partial charge < -0.3 is 19.3 Å². The summed E-state index contributed by atoms with van der Waals surface area (Å²) >= 11 is 4.69. The van der Waals surface area contributed by atoms with Gasteiger partial charge in [0.1, 0.15) is 12.2 Å². The number of ether oxygens (including phenoxy) is 3. The molecule has 0 radical (unpaired) electrons. The SMILES string of the molecule is C=COC(CC1OC1CCC(=C)CC(C)C[C@@H](S)CCC)C(O)/C=C/C1CC(C)=CCO1. The number of hydrogen-bond donors (Lipinski definition) is 2. The van der Waals surface area contributed by atoms with Gasteiger partial charge in [0, 0.05) is 11.7 Å². The molecule has 0 amide bonds. The van der Waals surface area contributed by atoms with Crippen molar-refractivity contribution in [2.24, 2.45) is 5.92 Å². The summed E-state index contributed by atoms with van der Waals surface area (Å²) < 4.78 is 17.2. The first kappa shape index (κ1) is 27.2. The van der Waals surface area contributed by atoms with Crippen LogP contribution >= 0.6 is 12.6 Å². The third-order valence-electron chi connectivity index (χ3n) is 6.31. The van der Waals surface area contributed by atoms with Gasteiger partial charge in [-0.05, 0) is 51.4 Å². The van der Waals surface area contributed by atoms with Crippen molar-refractivity contribution < 1.29 is 19.3 Å². The summed E-state index contributed by atoms with van der Waals surface area (Å²) in [4.78, 5) is 0. The molecule has 4 nitrogen and oxygen atoms in total. The topological polar surface area (TPSA) is 51.2 Å². The molecule has 32 heavy (non-hydrogen) atoms. The summed E-state index contributed by atoms with van der Waals surface area (Å²) in [5.41, 5.74) is 2.61. The van der Waals surface area contributed by atoms with Crippen LogP contribution in [0.1, 0.15) is 72.1 Å². The number of rotatable bonds is 16. The van der Waals surface area contributed by atoms with Crippen LogP contribution in [0.15, 0.2) is 48.8 Å². The predicted octanol–water partition coefficient (Wildman–Crippen LogP) is 6.18. The van der Waals surface area contributed by atoms with Gasteiger partial charge in [0.25, 0.3) is 0 Å². The predicted molar refractivity (Wildman–Crippen MR) is 136 cm³/mol. The second kappa shape index (κ2) is 14.3. The van der Waals surface area contributed by atoms with Gasteiger partial charge in [0.2, 0.25) is 0 Å². The molecule has 0 aromatic heterocycles. The number of thiol groups is 1. The first-order valence-electron chi connectivity index (χ1n) is 12.2. The largest absolute Gasteiger partial charge is 0.496 e. The molecular formula is C27H44O4S. The standard InChI is InChI=1S/C27H44O4S/c1-6-8-23(32)17-21(5)15-19(3)9-12-25-27(31-25)18-26(29-7-2)24(28)11-10-22-16-20(4)13-14-30-22/h7,10-11,13,21-28,32H,2-3,6,8-9,12,14-18H2,1,4-5H3/b11-10+/t21?,22?,23-,24?,25?,26?,27?/m0/s1. The van der Waals surface area contributed by atoms with Crippen molar-refractivity contribution in [3.8, 4) is 0 Å². The van der Waals surface area contributed by atoms with Crippen molar-refractivity contribution in [3.63, 3.8) is 0 Å². The minimum absolute atomic E-state index is 0.0113. The first-order valence-corrected chi connectivity index (χ1v) is 12.7. The smallest absolute Gasteiger partial charge is 0.130 e. The number of aliphatic hydroxyl groups excluding tert-OH is 1. The van der Waals surface area contributed by atoms with E-state index in [9.17, 15) is 5.11 Å². The van der Waals surface area contributed by atoms with E-state index in [0.717, 1.165) is 32.1 Å². The van der Waals surface area contributed by atoms with E-state index in [1.807, 2.05) is 6.08 Å². The summed E-state index contributed by atoms with van der Waals surface area (Å²) in [5, 5.41) is 11.1. The van der Waals surface area contributed by atoms with E-state index in [1.54, 1.807) is 6.08 Å². The quantitative estimate of drug-likeness (QED) is 0.124. The van der Waals surface area contributed by atoms with Crippen LogP contribution in [0.2, 0.25) is 0 Å². The molecule has 2 heterocycles.